The third-order valence-corrected chi connectivity index (χ3v) is 5.62. The Kier molecular flexibility index (Phi) is 9.46. The van der Waals surface area contributed by atoms with E-state index in [1.54, 1.807) is 11.3 Å². The number of thiazole rings is 1. The normalized spacial score (nSPS) is 21.9. The molecule has 0 bridgehead atoms. The lowest BCUT2D eigenvalue weighted by Crippen LogP contribution is -2.20. The predicted octanol–water partition coefficient (Wildman–Crippen LogP) is 5.66. The zero-order chi connectivity index (χ0) is 19.5. The van der Waals surface area contributed by atoms with Gasteiger partial charge in [-0.3, -0.25) is 9.59 Å². The summed E-state index contributed by atoms with van der Waals surface area (Å²) in [5.41, 5.74) is 1.78. The van der Waals surface area contributed by atoms with Gasteiger partial charge in [-0.2, -0.15) is 0 Å². The number of hydrogen-bond acceptors (Lipinski definition) is 5. The lowest BCUT2D eigenvalue weighted by molar-refractivity contribution is -0.147. The molecular weight excluding hydrogens is 358 g/mol. The second-order valence-electron chi connectivity index (χ2n) is 7.19. The summed E-state index contributed by atoms with van der Waals surface area (Å²) in [5.74, 6) is -0.367. The monoisotopic (exact) mass is 389 g/mol. The molecule has 1 atom stereocenters. The maximum Gasteiger partial charge on any atom is 0.313 e. The summed E-state index contributed by atoms with van der Waals surface area (Å²) in [5, 5.41) is 2.98. The van der Waals surface area contributed by atoms with Crippen LogP contribution in [0, 0.1) is 12.8 Å². The topological polar surface area (TPSA) is 56.3 Å². The van der Waals surface area contributed by atoms with Gasteiger partial charge in [0.05, 0.1) is 23.2 Å². The van der Waals surface area contributed by atoms with Crippen LogP contribution in [0.5, 0.6) is 0 Å². The number of allylic oxidation sites excluding steroid dienone is 1. The first-order valence-corrected chi connectivity index (χ1v) is 10.9. The first-order valence-electron chi connectivity index (χ1n) is 10.00. The number of esters is 1. The van der Waals surface area contributed by atoms with Crippen molar-refractivity contribution >= 4 is 29.2 Å². The van der Waals surface area contributed by atoms with Crippen LogP contribution in [0.4, 0.5) is 0 Å². The maximum absolute atomic E-state index is 12.6. The van der Waals surface area contributed by atoms with Crippen LogP contribution in [0.2, 0.25) is 0 Å². The van der Waals surface area contributed by atoms with Gasteiger partial charge in [-0.05, 0) is 52.0 Å². The van der Waals surface area contributed by atoms with Crippen LogP contribution < -0.4 is 0 Å². The molecule has 1 unspecified atom stereocenters. The average Bonchev–Trinajstić information content (AvgIpc) is 3.03. The Balaban J connectivity index is 2.07. The van der Waals surface area contributed by atoms with Gasteiger partial charge in [0.1, 0.15) is 5.78 Å². The van der Waals surface area contributed by atoms with Gasteiger partial charge in [0, 0.05) is 18.2 Å². The highest BCUT2D eigenvalue weighted by molar-refractivity contribution is 7.09. The summed E-state index contributed by atoms with van der Waals surface area (Å²) in [7, 11) is 0. The van der Waals surface area contributed by atoms with Gasteiger partial charge in [-0.1, -0.05) is 30.6 Å². The fourth-order valence-electron chi connectivity index (χ4n) is 3.24. The lowest BCUT2D eigenvalue weighted by Gasteiger charge is -2.16. The van der Waals surface area contributed by atoms with Crippen molar-refractivity contribution in [1.82, 2.24) is 4.98 Å². The van der Waals surface area contributed by atoms with Gasteiger partial charge >= 0.3 is 5.97 Å². The molecule has 0 amide bonds. The van der Waals surface area contributed by atoms with Gasteiger partial charge in [0.25, 0.3) is 0 Å². The lowest BCUT2D eigenvalue weighted by atomic mass is 9.92. The molecular formula is C22H31NO3S. The van der Waals surface area contributed by atoms with E-state index in [1.807, 2.05) is 25.3 Å². The first-order chi connectivity index (χ1) is 13.1. The first kappa shape index (κ1) is 21.5. The standard InChI is InChI=1S/C22H31NO3S/c1-17(15-19-16-27-18(2)23-19)21-13-12-20(24)11-9-7-5-3-4-6-8-10-14-26-22(21)25/h6,8,15-16,21H,3-5,7,9-14H2,1-2H3. The summed E-state index contributed by atoms with van der Waals surface area (Å²) >= 11 is 1.59. The van der Waals surface area contributed by atoms with E-state index in [4.69, 9.17) is 4.74 Å². The van der Waals surface area contributed by atoms with Crippen LogP contribution >= 0.6 is 11.3 Å². The number of ether oxygens (including phenoxy) is 1. The molecule has 1 aromatic heterocycles. The van der Waals surface area contributed by atoms with Crippen LogP contribution in [-0.4, -0.2) is 23.3 Å². The third-order valence-electron chi connectivity index (χ3n) is 4.83. The van der Waals surface area contributed by atoms with Gasteiger partial charge in [0.15, 0.2) is 0 Å². The molecule has 0 N–H and O–H groups in total. The minimum atomic E-state index is -0.382. The Morgan fingerprint density at radius 3 is 2.70 bits per heavy atom. The predicted molar refractivity (Wildman–Crippen MR) is 111 cm³/mol. The zero-order valence-electron chi connectivity index (χ0n) is 16.5. The van der Waals surface area contributed by atoms with E-state index in [9.17, 15) is 9.59 Å². The Labute approximate surface area is 166 Å². The molecule has 0 spiro atoms. The van der Waals surface area contributed by atoms with Crippen molar-refractivity contribution in [2.75, 3.05) is 6.61 Å². The second-order valence-corrected chi connectivity index (χ2v) is 8.25. The van der Waals surface area contributed by atoms with E-state index in [2.05, 4.69) is 17.1 Å². The molecule has 2 heterocycles. The largest absolute Gasteiger partial charge is 0.465 e. The summed E-state index contributed by atoms with van der Waals surface area (Å²) in [6.07, 6.45) is 13.9. The highest BCUT2D eigenvalue weighted by atomic mass is 32.1. The molecule has 0 aromatic carbocycles. The quantitative estimate of drug-likeness (QED) is 0.483. The van der Waals surface area contributed by atoms with E-state index in [1.165, 1.54) is 6.42 Å². The molecule has 0 radical (unpaired) electrons. The summed E-state index contributed by atoms with van der Waals surface area (Å²) in [4.78, 5) is 29.3. The highest BCUT2D eigenvalue weighted by Gasteiger charge is 2.23. The number of carbonyl (C=O) groups is 2. The number of carbonyl (C=O) groups excluding carboxylic acids is 2. The second kappa shape index (κ2) is 11.9. The van der Waals surface area contributed by atoms with E-state index in [0.29, 0.717) is 25.9 Å². The summed E-state index contributed by atoms with van der Waals surface area (Å²) in [6, 6.07) is 0. The molecule has 0 fully saturated rings. The maximum atomic E-state index is 12.6. The Morgan fingerprint density at radius 1 is 1.15 bits per heavy atom. The van der Waals surface area contributed by atoms with Crippen molar-refractivity contribution in [2.45, 2.75) is 71.6 Å². The number of cyclic esters (lactones) is 1. The number of nitrogens with zero attached hydrogens (tertiary/aromatic N) is 1. The molecule has 1 aliphatic heterocycles. The Hall–Kier alpha value is -1.75. The van der Waals surface area contributed by atoms with Gasteiger partial charge in [-0.15, -0.1) is 11.3 Å². The van der Waals surface area contributed by atoms with Gasteiger partial charge in [-0.25, -0.2) is 4.98 Å². The minimum absolute atomic E-state index is 0.232. The fourth-order valence-corrected chi connectivity index (χ4v) is 3.81. The van der Waals surface area contributed by atoms with Crippen molar-refractivity contribution in [3.63, 3.8) is 0 Å². The molecule has 1 aliphatic rings. The van der Waals surface area contributed by atoms with Crippen LogP contribution in [0.15, 0.2) is 23.1 Å². The number of Topliss-reactive ketones (excluding diaryl/α,β-unsaturated/α-hetero) is 1. The molecule has 148 valence electrons. The summed E-state index contributed by atoms with van der Waals surface area (Å²) < 4.78 is 5.49. The molecule has 0 aliphatic carbocycles. The van der Waals surface area contributed by atoms with Crippen molar-refractivity contribution in [2.24, 2.45) is 5.92 Å². The van der Waals surface area contributed by atoms with E-state index < -0.39 is 0 Å². The van der Waals surface area contributed by atoms with Crippen molar-refractivity contribution < 1.29 is 14.3 Å². The van der Waals surface area contributed by atoms with E-state index in [0.717, 1.165) is 48.4 Å². The number of ketones is 1. The van der Waals surface area contributed by atoms with Gasteiger partial charge in [0.2, 0.25) is 0 Å². The van der Waals surface area contributed by atoms with Crippen molar-refractivity contribution in [3.8, 4) is 0 Å². The number of aromatic nitrogens is 1. The van der Waals surface area contributed by atoms with Crippen LogP contribution in [0.1, 0.15) is 75.4 Å². The highest BCUT2D eigenvalue weighted by Crippen LogP contribution is 2.23. The van der Waals surface area contributed by atoms with Crippen LogP contribution in [-0.2, 0) is 14.3 Å². The Morgan fingerprint density at radius 2 is 1.93 bits per heavy atom. The Bertz CT molecular complexity index is 675. The van der Waals surface area contributed by atoms with E-state index in [-0.39, 0.29) is 17.7 Å². The smallest absolute Gasteiger partial charge is 0.313 e. The fraction of sp³-hybridized carbons (Fsp3) is 0.591. The molecule has 0 saturated carbocycles. The van der Waals surface area contributed by atoms with Gasteiger partial charge < -0.3 is 4.74 Å². The molecule has 1 aromatic rings. The van der Waals surface area contributed by atoms with E-state index >= 15 is 0 Å². The molecule has 4 nitrogen and oxygen atoms in total. The molecule has 0 saturated heterocycles. The summed E-state index contributed by atoms with van der Waals surface area (Å²) in [6.45, 7) is 4.29. The van der Waals surface area contributed by atoms with Crippen molar-refractivity contribution in [3.05, 3.63) is 33.8 Å². The number of hydrogen-bond donors (Lipinski definition) is 0. The average molecular weight is 390 g/mol. The molecule has 27 heavy (non-hydrogen) atoms. The third kappa shape index (κ3) is 8.21. The molecule has 5 heteroatoms. The zero-order valence-corrected chi connectivity index (χ0v) is 17.4. The number of rotatable bonds is 2. The van der Waals surface area contributed by atoms with Crippen LogP contribution in [0.3, 0.4) is 0 Å². The number of aryl methyl sites for hydroxylation is 1. The van der Waals surface area contributed by atoms with Crippen molar-refractivity contribution in [1.29, 1.82) is 0 Å². The molecule has 2 rings (SSSR count). The SMILES string of the molecule is CC(=Cc1csc(C)n1)C1CCC(=O)CCCCCCC=CCCOC1=O. The minimum Gasteiger partial charge on any atom is -0.465 e. The van der Waals surface area contributed by atoms with Crippen LogP contribution in [0.25, 0.3) is 6.08 Å².